The van der Waals surface area contributed by atoms with Gasteiger partial charge in [-0.2, -0.15) is 5.10 Å². The summed E-state index contributed by atoms with van der Waals surface area (Å²) in [5.41, 5.74) is 5.43. The fourth-order valence-electron chi connectivity index (χ4n) is 1.32. The molecule has 0 spiro atoms. The average molecular weight is 188 g/mol. The molecular weight excluding hydrogens is 172 g/mol. The molecule has 4 N–H and O–H groups in total. The molecule has 0 amide bonds. The van der Waals surface area contributed by atoms with Crippen LogP contribution >= 0.6 is 11.8 Å². The number of hydrogen-bond acceptors (Lipinski definition) is 4. The highest BCUT2D eigenvalue weighted by Crippen LogP contribution is 2.08. The molecule has 4 nitrogen and oxygen atoms in total. The predicted molar refractivity (Wildman–Crippen MR) is 53.9 cm³/mol. The number of likely N-dealkylation sites (tertiary alicyclic amines) is 1. The second-order valence-electron chi connectivity index (χ2n) is 2.86. The van der Waals surface area contributed by atoms with E-state index in [2.05, 4.69) is 10.0 Å². The van der Waals surface area contributed by atoms with Crippen LogP contribution < -0.4 is 11.6 Å². The first-order chi connectivity index (χ1) is 5.83. The maximum atomic E-state index is 5.43. The van der Waals surface area contributed by atoms with Gasteiger partial charge in [-0.05, 0) is 25.9 Å². The minimum absolute atomic E-state index is 0.481. The van der Waals surface area contributed by atoms with E-state index in [9.17, 15) is 0 Å². The van der Waals surface area contributed by atoms with E-state index in [1.807, 2.05) is 0 Å². The lowest BCUT2D eigenvalue weighted by Crippen LogP contribution is -2.23. The van der Waals surface area contributed by atoms with E-state index in [0.717, 1.165) is 12.3 Å². The van der Waals surface area contributed by atoms with E-state index >= 15 is 0 Å². The minimum atomic E-state index is 0.481. The van der Waals surface area contributed by atoms with Gasteiger partial charge < -0.3 is 16.5 Å². The summed E-state index contributed by atoms with van der Waals surface area (Å²) in [5, 5.41) is 3.87. The average Bonchev–Trinajstić information content (AvgIpc) is 2.57. The summed E-state index contributed by atoms with van der Waals surface area (Å²) >= 11 is 1.52. The van der Waals surface area contributed by atoms with Gasteiger partial charge in [0.1, 0.15) is 0 Å². The summed E-state index contributed by atoms with van der Waals surface area (Å²) in [6.45, 7) is 3.57. The number of hydrogen-bond donors (Lipinski definition) is 2. The summed E-state index contributed by atoms with van der Waals surface area (Å²) < 4.78 is 0. The first kappa shape index (κ1) is 9.67. The monoisotopic (exact) mass is 188 g/mol. The van der Waals surface area contributed by atoms with E-state index in [-0.39, 0.29) is 0 Å². The van der Waals surface area contributed by atoms with Crippen LogP contribution in [-0.2, 0) is 0 Å². The number of nitrogens with two attached hydrogens (primary N) is 2. The van der Waals surface area contributed by atoms with Gasteiger partial charge in [0.05, 0.1) is 0 Å². The molecule has 0 unspecified atom stereocenters. The lowest BCUT2D eigenvalue weighted by Gasteiger charge is -2.12. The second-order valence-corrected chi connectivity index (χ2v) is 3.98. The Bertz CT molecular complexity index is 153. The molecule has 0 saturated carbocycles. The summed E-state index contributed by atoms with van der Waals surface area (Å²) in [6.07, 6.45) is 2.68. The van der Waals surface area contributed by atoms with Crippen LogP contribution in [0.3, 0.4) is 0 Å². The van der Waals surface area contributed by atoms with Gasteiger partial charge in [0.15, 0.2) is 5.17 Å². The molecule has 12 heavy (non-hydrogen) atoms. The van der Waals surface area contributed by atoms with Crippen molar-refractivity contribution in [2.24, 2.45) is 16.7 Å². The van der Waals surface area contributed by atoms with Crippen molar-refractivity contribution in [3.63, 3.8) is 0 Å². The SMILES string of the molecule is NN=C(N)SCCN1CCCC1. The number of thioether (sulfide) groups is 1. The van der Waals surface area contributed by atoms with Crippen molar-refractivity contribution < 1.29 is 0 Å². The molecular formula is C7H16N4S. The minimum Gasteiger partial charge on any atom is -0.377 e. The number of amidine groups is 1. The van der Waals surface area contributed by atoms with Gasteiger partial charge in [0.25, 0.3) is 0 Å². The van der Waals surface area contributed by atoms with Crippen LogP contribution in [0.1, 0.15) is 12.8 Å². The van der Waals surface area contributed by atoms with E-state index in [1.54, 1.807) is 0 Å². The number of hydrazone groups is 1. The second kappa shape index (κ2) is 5.27. The van der Waals surface area contributed by atoms with Crippen LogP contribution in [0.15, 0.2) is 5.10 Å². The molecule has 1 saturated heterocycles. The summed E-state index contributed by atoms with van der Waals surface area (Å²) in [4.78, 5) is 2.44. The Balaban J connectivity index is 2.01. The Hall–Kier alpha value is -0.420. The van der Waals surface area contributed by atoms with E-state index in [1.165, 1.54) is 37.7 Å². The fraction of sp³-hybridized carbons (Fsp3) is 0.857. The van der Waals surface area contributed by atoms with Crippen molar-refractivity contribution in [2.45, 2.75) is 12.8 Å². The van der Waals surface area contributed by atoms with Gasteiger partial charge in [-0.15, -0.1) is 0 Å². The van der Waals surface area contributed by atoms with Crippen molar-refractivity contribution in [2.75, 3.05) is 25.4 Å². The van der Waals surface area contributed by atoms with Crippen molar-refractivity contribution in [3.05, 3.63) is 0 Å². The topological polar surface area (TPSA) is 67.6 Å². The standard InChI is InChI=1S/C7H16N4S/c8-7(10-9)12-6-5-11-3-1-2-4-11/h1-6,9H2,(H2,8,10). The Morgan fingerprint density at radius 2 is 2.08 bits per heavy atom. The Kier molecular flexibility index (Phi) is 4.24. The summed E-state index contributed by atoms with van der Waals surface area (Å²) in [7, 11) is 0. The lowest BCUT2D eigenvalue weighted by molar-refractivity contribution is 0.362. The van der Waals surface area contributed by atoms with Gasteiger partial charge in [-0.3, -0.25) is 0 Å². The number of rotatable bonds is 3. The van der Waals surface area contributed by atoms with Gasteiger partial charge in [-0.1, -0.05) is 11.8 Å². The Morgan fingerprint density at radius 3 is 2.67 bits per heavy atom. The molecule has 0 bridgehead atoms. The molecule has 1 aliphatic heterocycles. The zero-order valence-corrected chi connectivity index (χ0v) is 8.02. The van der Waals surface area contributed by atoms with Crippen molar-refractivity contribution in [3.8, 4) is 0 Å². The molecule has 0 aromatic carbocycles. The molecule has 1 fully saturated rings. The van der Waals surface area contributed by atoms with E-state index < -0.39 is 0 Å². The normalized spacial score (nSPS) is 20.2. The zero-order chi connectivity index (χ0) is 8.81. The van der Waals surface area contributed by atoms with Crippen LogP contribution in [0.25, 0.3) is 0 Å². The van der Waals surface area contributed by atoms with E-state index in [4.69, 9.17) is 11.6 Å². The van der Waals surface area contributed by atoms with Crippen LogP contribution in [0.2, 0.25) is 0 Å². The highest BCUT2D eigenvalue weighted by atomic mass is 32.2. The lowest BCUT2D eigenvalue weighted by atomic mass is 10.4. The largest absolute Gasteiger partial charge is 0.377 e. The molecule has 1 heterocycles. The quantitative estimate of drug-likeness (QED) is 0.283. The molecule has 70 valence electrons. The first-order valence-electron chi connectivity index (χ1n) is 4.21. The van der Waals surface area contributed by atoms with Crippen LogP contribution in [0, 0.1) is 0 Å². The number of nitrogens with zero attached hydrogens (tertiary/aromatic N) is 2. The third-order valence-electron chi connectivity index (χ3n) is 1.98. The molecule has 0 atom stereocenters. The molecule has 0 aliphatic carbocycles. The van der Waals surface area contributed by atoms with Crippen molar-refractivity contribution in [1.29, 1.82) is 0 Å². The van der Waals surface area contributed by atoms with Crippen LogP contribution in [-0.4, -0.2) is 35.5 Å². The third-order valence-corrected chi connectivity index (χ3v) is 2.77. The molecule has 1 rings (SSSR count). The highest BCUT2D eigenvalue weighted by molar-refractivity contribution is 8.13. The Labute approximate surface area is 77.4 Å². The van der Waals surface area contributed by atoms with Crippen molar-refractivity contribution in [1.82, 2.24) is 4.90 Å². The zero-order valence-electron chi connectivity index (χ0n) is 7.20. The highest BCUT2D eigenvalue weighted by Gasteiger charge is 2.10. The van der Waals surface area contributed by atoms with Gasteiger partial charge >= 0.3 is 0 Å². The van der Waals surface area contributed by atoms with Crippen molar-refractivity contribution >= 4 is 16.9 Å². The van der Waals surface area contributed by atoms with Gasteiger partial charge in [0.2, 0.25) is 0 Å². The fourth-order valence-corrected chi connectivity index (χ4v) is 1.96. The van der Waals surface area contributed by atoms with Crippen LogP contribution in [0.4, 0.5) is 0 Å². The first-order valence-corrected chi connectivity index (χ1v) is 5.20. The smallest absolute Gasteiger partial charge is 0.177 e. The molecule has 0 aromatic heterocycles. The summed E-state index contributed by atoms with van der Waals surface area (Å²) in [5.74, 6) is 5.99. The maximum absolute atomic E-state index is 5.43. The van der Waals surface area contributed by atoms with Crippen LogP contribution in [0.5, 0.6) is 0 Å². The van der Waals surface area contributed by atoms with E-state index in [0.29, 0.717) is 5.17 Å². The molecule has 0 radical (unpaired) electrons. The Morgan fingerprint density at radius 1 is 1.42 bits per heavy atom. The maximum Gasteiger partial charge on any atom is 0.177 e. The van der Waals surface area contributed by atoms with Gasteiger partial charge in [-0.25, -0.2) is 0 Å². The predicted octanol–water partition coefficient (Wildman–Crippen LogP) is 0.00380. The molecule has 1 aliphatic rings. The molecule has 5 heteroatoms. The molecule has 0 aromatic rings. The third kappa shape index (κ3) is 3.32. The summed E-state index contributed by atoms with van der Waals surface area (Å²) in [6, 6.07) is 0. The van der Waals surface area contributed by atoms with Gasteiger partial charge in [0, 0.05) is 12.3 Å².